The summed E-state index contributed by atoms with van der Waals surface area (Å²) in [7, 11) is 1.42. The van der Waals surface area contributed by atoms with E-state index in [9.17, 15) is 4.79 Å². The van der Waals surface area contributed by atoms with Gasteiger partial charge in [-0.1, -0.05) is 6.08 Å². The molecule has 1 aliphatic heterocycles. The van der Waals surface area contributed by atoms with Gasteiger partial charge in [0.15, 0.2) is 0 Å². The predicted molar refractivity (Wildman–Crippen MR) is 46.8 cm³/mol. The summed E-state index contributed by atoms with van der Waals surface area (Å²) in [6.07, 6.45) is 2.41. The number of hydrogen-bond donors (Lipinski definition) is 0. The van der Waals surface area contributed by atoms with E-state index in [0.717, 1.165) is 13.1 Å². The van der Waals surface area contributed by atoms with Crippen molar-refractivity contribution in [2.24, 2.45) is 0 Å². The number of hydrogen-bond acceptors (Lipinski definition) is 3. The molecule has 3 nitrogen and oxygen atoms in total. The molecule has 0 spiro atoms. The fourth-order valence-electron chi connectivity index (χ4n) is 1.39. The molecule has 1 rings (SSSR count). The van der Waals surface area contributed by atoms with Gasteiger partial charge < -0.3 is 4.74 Å². The van der Waals surface area contributed by atoms with E-state index in [1.807, 2.05) is 6.92 Å². The number of nitrogens with zero attached hydrogens (tertiary/aromatic N) is 1. The van der Waals surface area contributed by atoms with Crippen molar-refractivity contribution in [1.82, 2.24) is 4.90 Å². The Bertz CT molecular complexity index is 199. The average molecular weight is 169 g/mol. The molecule has 12 heavy (non-hydrogen) atoms. The van der Waals surface area contributed by atoms with Gasteiger partial charge >= 0.3 is 5.97 Å². The third kappa shape index (κ3) is 1.50. The first kappa shape index (κ1) is 9.26. The van der Waals surface area contributed by atoms with E-state index < -0.39 is 5.54 Å². The van der Waals surface area contributed by atoms with Gasteiger partial charge in [0.1, 0.15) is 5.54 Å². The second-order valence-corrected chi connectivity index (χ2v) is 3.25. The van der Waals surface area contributed by atoms with E-state index >= 15 is 0 Å². The number of carbonyl (C=O) groups excluding carboxylic acids is 1. The molecule has 1 fully saturated rings. The van der Waals surface area contributed by atoms with Crippen molar-refractivity contribution in [2.75, 3.05) is 20.2 Å². The van der Waals surface area contributed by atoms with E-state index in [4.69, 9.17) is 4.74 Å². The molecule has 0 N–H and O–H groups in total. The van der Waals surface area contributed by atoms with Crippen molar-refractivity contribution in [3.8, 4) is 0 Å². The Balaban J connectivity index is 2.69. The lowest BCUT2D eigenvalue weighted by Gasteiger charge is -2.26. The van der Waals surface area contributed by atoms with Crippen LogP contribution in [0.4, 0.5) is 0 Å². The van der Waals surface area contributed by atoms with Gasteiger partial charge in [0, 0.05) is 13.1 Å². The molecule has 1 heterocycles. The minimum atomic E-state index is -0.476. The standard InChI is InChI=1S/C9H15NO2/c1-4-5-9(2,8(11)12-3)10-6-7-10/h4H,1,5-7H2,2-3H3/t9-/m0/s1. The van der Waals surface area contributed by atoms with Crippen molar-refractivity contribution >= 4 is 5.97 Å². The van der Waals surface area contributed by atoms with Gasteiger partial charge in [0.05, 0.1) is 7.11 Å². The van der Waals surface area contributed by atoms with Crippen LogP contribution in [-0.2, 0) is 9.53 Å². The van der Waals surface area contributed by atoms with Gasteiger partial charge in [-0.05, 0) is 13.3 Å². The van der Waals surface area contributed by atoms with Gasteiger partial charge in [0.2, 0.25) is 0 Å². The Morgan fingerprint density at radius 1 is 1.75 bits per heavy atom. The topological polar surface area (TPSA) is 29.3 Å². The molecule has 1 saturated heterocycles. The summed E-state index contributed by atoms with van der Waals surface area (Å²) in [6.45, 7) is 7.51. The largest absolute Gasteiger partial charge is 0.468 e. The van der Waals surface area contributed by atoms with Crippen LogP contribution in [0.1, 0.15) is 13.3 Å². The Kier molecular flexibility index (Phi) is 2.52. The zero-order valence-electron chi connectivity index (χ0n) is 7.67. The lowest BCUT2D eigenvalue weighted by molar-refractivity contribution is -0.150. The molecule has 0 amide bonds. The monoisotopic (exact) mass is 169 g/mol. The quantitative estimate of drug-likeness (QED) is 0.354. The lowest BCUT2D eigenvalue weighted by Crippen LogP contribution is -2.43. The van der Waals surface area contributed by atoms with E-state index in [-0.39, 0.29) is 5.97 Å². The van der Waals surface area contributed by atoms with Crippen molar-refractivity contribution in [3.05, 3.63) is 12.7 Å². The number of rotatable bonds is 4. The van der Waals surface area contributed by atoms with Gasteiger partial charge in [-0.15, -0.1) is 6.58 Å². The molecule has 1 aliphatic rings. The molecule has 68 valence electrons. The van der Waals surface area contributed by atoms with Gasteiger partial charge in [-0.2, -0.15) is 0 Å². The maximum absolute atomic E-state index is 11.4. The molecule has 0 bridgehead atoms. The maximum Gasteiger partial charge on any atom is 0.326 e. The number of carbonyl (C=O) groups is 1. The molecule has 1 atom stereocenters. The minimum absolute atomic E-state index is 0.167. The molecule has 0 aliphatic carbocycles. The van der Waals surface area contributed by atoms with Crippen LogP contribution >= 0.6 is 0 Å². The molecule has 0 aromatic heterocycles. The SMILES string of the molecule is C=CC[C@@](C)(C(=O)OC)N1CC1. The molecule has 0 radical (unpaired) electrons. The number of methoxy groups -OCH3 is 1. The highest BCUT2D eigenvalue weighted by atomic mass is 16.5. The summed E-state index contributed by atoms with van der Waals surface area (Å²) in [6, 6.07) is 0. The second-order valence-electron chi connectivity index (χ2n) is 3.25. The van der Waals surface area contributed by atoms with Crippen LogP contribution in [0.5, 0.6) is 0 Å². The normalized spacial score (nSPS) is 21.2. The highest BCUT2D eigenvalue weighted by molar-refractivity contribution is 5.80. The van der Waals surface area contributed by atoms with Gasteiger partial charge in [-0.3, -0.25) is 9.69 Å². The average Bonchev–Trinajstić information content (AvgIpc) is 2.85. The Morgan fingerprint density at radius 2 is 2.33 bits per heavy atom. The highest BCUT2D eigenvalue weighted by Gasteiger charge is 2.44. The summed E-state index contributed by atoms with van der Waals surface area (Å²) in [4.78, 5) is 13.5. The Morgan fingerprint density at radius 3 is 2.67 bits per heavy atom. The van der Waals surface area contributed by atoms with E-state index in [0.29, 0.717) is 6.42 Å². The smallest absolute Gasteiger partial charge is 0.326 e. The first-order valence-electron chi connectivity index (χ1n) is 4.09. The molecular formula is C9H15NO2. The zero-order chi connectivity index (χ0) is 9.19. The van der Waals surface area contributed by atoms with Crippen molar-refractivity contribution in [2.45, 2.75) is 18.9 Å². The lowest BCUT2D eigenvalue weighted by atomic mass is 9.98. The number of ether oxygens (including phenoxy) is 1. The van der Waals surface area contributed by atoms with Crippen LogP contribution in [0.2, 0.25) is 0 Å². The first-order chi connectivity index (χ1) is 5.65. The first-order valence-corrected chi connectivity index (χ1v) is 4.09. The third-order valence-electron chi connectivity index (χ3n) is 2.31. The summed E-state index contributed by atoms with van der Waals surface area (Å²) >= 11 is 0. The van der Waals surface area contributed by atoms with Crippen LogP contribution in [0.15, 0.2) is 12.7 Å². The van der Waals surface area contributed by atoms with Crippen molar-refractivity contribution in [1.29, 1.82) is 0 Å². The summed E-state index contributed by atoms with van der Waals surface area (Å²) < 4.78 is 4.74. The fourth-order valence-corrected chi connectivity index (χ4v) is 1.39. The molecule has 0 unspecified atom stereocenters. The van der Waals surface area contributed by atoms with Crippen LogP contribution in [-0.4, -0.2) is 36.6 Å². The van der Waals surface area contributed by atoms with Crippen LogP contribution in [0, 0.1) is 0 Å². The maximum atomic E-state index is 11.4. The second kappa shape index (κ2) is 3.27. The molecule has 0 aromatic carbocycles. The summed E-state index contributed by atoms with van der Waals surface area (Å²) in [5.74, 6) is -0.167. The fraction of sp³-hybridized carbons (Fsp3) is 0.667. The molecule has 0 aromatic rings. The van der Waals surface area contributed by atoms with Gasteiger partial charge in [-0.25, -0.2) is 0 Å². The summed E-state index contributed by atoms with van der Waals surface area (Å²) in [5, 5.41) is 0. The van der Waals surface area contributed by atoms with Crippen molar-refractivity contribution in [3.63, 3.8) is 0 Å². The Labute approximate surface area is 73.0 Å². The van der Waals surface area contributed by atoms with E-state index in [1.165, 1.54) is 7.11 Å². The van der Waals surface area contributed by atoms with Gasteiger partial charge in [0.25, 0.3) is 0 Å². The molecular weight excluding hydrogens is 154 g/mol. The highest BCUT2D eigenvalue weighted by Crippen LogP contribution is 2.27. The number of esters is 1. The van der Waals surface area contributed by atoms with Crippen LogP contribution in [0.3, 0.4) is 0 Å². The van der Waals surface area contributed by atoms with Crippen LogP contribution < -0.4 is 0 Å². The molecule has 3 heteroatoms. The van der Waals surface area contributed by atoms with Crippen LogP contribution in [0.25, 0.3) is 0 Å². The van der Waals surface area contributed by atoms with Crippen molar-refractivity contribution < 1.29 is 9.53 Å². The minimum Gasteiger partial charge on any atom is -0.468 e. The molecule has 0 saturated carbocycles. The predicted octanol–water partition coefficient (Wildman–Crippen LogP) is 0.810. The Hall–Kier alpha value is -0.830. The summed E-state index contributed by atoms with van der Waals surface area (Å²) in [5.41, 5.74) is -0.476. The van der Waals surface area contributed by atoms with E-state index in [2.05, 4.69) is 11.5 Å². The zero-order valence-corrected chi connectivity index (χ0v) is 7.67. The third-order valence-corrected chi connectivity index (χ3v) is 2.31. The van der Waals surface area contributed by atoms with E-state index in [1.54, 1.807) is 6.08 Å².